The number of anilines is 2. The van der Waals surface area contributed by atoms with Gasteiger partial charge in [-0.15, -0.1) is 0 Å². The second kappa shape index (κ2) is 9.18. The summed E-state index contributed by atoms with van der Waals surface area (Å²) in [5, 5.41) is 0. The summed E-state index contributed by atoms with van der Waals surface area (Å²) in [4.78, 5) is 42.5. The van der Waals surface area contributed by atoms with Gasteiger partial charge in [0.15, 0.2) is 5.69 Å². The number of amides is 1. The van der Waals surface area contributed by atoms with Crippen molar-refractivity contribution in [2.24, 2.45) is 0 Å². The minimum atomic E-state index is -0.711. The normalized spacial score (nSPS) is 10.6. The highest BCUT2D eigenvalue weighted by Gasteiger charge is 2.25. The number of aromatic nitrogens is 2. The van der Waals surface area contributed by atoms with Gasteiger partial charge in [-0.1, -0.05) is 78.9 Å². The lowest BCUT2D eigenvalue weighted by Gasteiger charge is -2.25. The van der Waals surface area contributed by atoms with E-state index < -0.39 is 17.2 Å². The zero-order chi connectivity index (χ0) is 22.5. The number of H-pyrrole nitrogens is 1. The predicted molar refractivity (Wildman–Crippen MR) is 125 cm³/mol. The molecule has 0 aliphatic heterocycles. The van der Waals surface area contributed by atoms with Crippen LogP contribution in [0, 0.1) is 0 Å². The van der Waals surface area contributed by atoms with E-state index >= 15 is 0 Å². The van der Waals surface area contributed by atoms with Gasteiger partial charge in [-0.3, -0.25) is 24.0 Å². The quantitative estimate of drug-likeness (QED) is 0.495. The summed E-state index contributed by atoms with van der Waals surface area (Å²) in [6.45, 7) is 0.277. The SMILES string of the molecule is Nc1c(N(Cc2ccccc2)C(=O)c2ccccc2)c(=O)[nH]c(=O)n1Cc1ccccc1. The first-order valence-corrected chi connectivity index (χ1v) is 10.1. The molecule has 7 heteroatoms. The fourth-order valence-corrected chi connectivity index (χ4v) is 3.52. The molecule has 0 unspecified atom stereocenters. The van der Waals surface area contributed by atoms with E-state index in [-0.39, 0.29) is 24.6 Å². The maximum Gasteiger partial charge on any atom is 0.330 e. The first kappa shape index (κ1) is 20.9. The Morgan fingerprint density at radius 1 is 0.812 bits per heavy atom. The van der Waals surface area contributed by atoms with Crippen molar-refractivity contribution in [3.63, 3.8) is 0 Å². The summed E-state index contributed by atoms with van der Waals surface area (Å²) in [5.74, 6) is -0.459. The molecule has 1 amide bonds. The third-order valence-corrected chi connectivity index (χ3v) is 5.12. The van der Waals surface area contributed by atoms with Crippen LogP contribution >= 0.6 is 0 Å². The monoisotopic (exact) mass is 426 g/mol. The molecule has 0 radical (unpaired) electrons. The molecule has 1 aromatic heterocycles. The smallest absolute Gasteiger partial charge is 0.330 e. The van der Waals surface area contributed by atoms with E-state index in [4.69, 9.17) is 5.73 Å². The van der Waals surface area contributed by atoms with Crippen molar-refractivity contribution < 1.29 is 4.79 Å². The standard InChI is InChI=1S/C25H22N4O3/c26-22-21(23(30)27-25(32)29(22)17-19-12-6-2-7-13-19)28(16-18-10-4-1-5-11-18)24(31)20-14-8-3-9-15-20/h1-15H,16-17,26H2,(H,27,30,32). The highest BCUT2D eigenvalue weighted by Crippen LogP contribution is 2.22. The van der Waals surface area contributed by atoms with Crippen LogP contribution in [0.3, 0.4) is 0 Å². The molecule has 0 aliphatic rings. The Kier molecular flexibility index (Phi) is 5.98. The summed E-state index contributed by atoms with van der Waals surface area (Å²) in [5.41, 5.74) is 7.01. The second-order valence-electron chi connectivity index (χ2n) is 7.31. The van der Waals surface area contributed by atoms with Crippen LogP contribution in [0.25, 0.3) is 0 Å². The maximum absolute atomic E-state index is 13.4. The molecule has 3 aromatic carbocycles. The number of nitrogen functional groups attached to an aromatic ring is 1. The van der Waals surface area contributed by atoms with Gasteiger partial charge in [-0.2, -0.15) is 0 Å². The lowest BCUT2D eigenvalue weighted by molar-refractivity contribution is 0.0984. The largest absolute Gasteiger partial charge is 0.383 e. The number of hydrogen-bond acceptors (Lipinski definition) is 4. The van der Waals surface area contributed by atoms with Crippen molar-refractivity contribution in [2.75, 3.05) is 10.6 Å². The zero-order valence-electron chi connectivity index (χ0n) is 17.3. The highest BCUT2D eigenvalue weighted by atomic mass is 16.2. The number of nitrogens with zero attached hydrogens (tertiary/aromatic N) is 2. The van der Waals surface area contributed by atoms with Gasteiger partial charge in [0.2, 0.25) is 0 Å². The summed E-state index contributed by atoms with van der Waals surface area (Å²) in [7, 11) is 0. The molecule has 0 spiro atoms. The molecular formula is C25H22N4O3. The Morgan fingerprint density at radius 3 is 1.94 bits per heavy atom. The van der Waals surface area contributed by atoms with E-state index in [0.29, 0.717) is 5.56 Å². The maximum atomic E-state index is 13.4. The topological polar surface area (TPSA) is 101 Å². The molecule has 160 valence electrons. The molecule has 0 saturated heterocycles. The van der Waals surface area contributed by atoms with Gasteiger partial charge >= 0.3 is 5.69 Å². The van der Waals surface area contributed by atoms with Gasteiger partial charge in [0.25, 0.3) is 11.5 Å². The third-order valence-electron chi connectivity index (χ3n) is 5.12. The van der Waals surface area contributed by atoms with Crippen LogP contribution in [0.2, 0.25) is 0 Å². The lowest BCUT2D eigenvalue weighted by atomic mass is 10.1. The Labute approximate surface area is 184 Å². The number of nitrogens with two attached hydrogens (primary N) is 1. The van der Waals surface area contributed by atoms with Gasteiger partial charge in [0.05, 0.1) is 13.1 Å². The van der Waals surface area contributed by atoms with Crippen LogP contribution in [-0.2, 0) is 13.1 Å². The molecule has 32 heavy (non-hydrogen) atoms. The van der Waals surface area contributed by atoms with Crippen molar-refractivity contribution in [1.29, 1.82) is 0 Å². The van der Waals surface area contributed by atoms with Crippen LogP contribution in [-0.4, -0.2) is 15.5 Å². The fraction of sp³-hybridized carbons (Fsp3) is 0.0800. The predicted octanol–water partition coefficient (Wildman–Crippen LogP) is 3.01. The van der Waals surface area contributed by atoms with Crippen molar-refractivity contribution >= 4 is 17.4 Å². The summed E-state index contributed by atoms with van der Waals surface area (Å²) in [6, 6.07) is 27.2. The molecule has 7 nitrogen and oxygen atoms in total. The Bertz CT molecular complexity index is 1330. The number of nitrogens with one attached hydrogen (secondary N) is 1. The van der Waals surface area contributed by atoms with Crippen LogP contribution in [0.15, 0.2) is 101 Å². The number of rotatable bonds is 6. The molecule has 0 atom stereocenters. The molecule has 0 aliphatic carbocycles. The van der Waals surface area contributed by atoms with Gasteiger partial charge in [0, 0.05) is 5.56 Å². The van der Waals surface area contributed by atoms with E-state index in [2.05, 4.69) is 4.98 Å². The van der Waals surface area contributed by atoms with Crippen LogP contribution in [0.5, 0.6) is 0 Å². The van der Waals surface area contributed by atoms with E-state index in [1.807, 2.05) is 60.7 Å². The van der Waals surface area contributed by atoms with Crippen molar-refractivity contribution in [2.45, 2.75) is 13.1 Å². The van der Waals surface area contributed by atoms with Crippen LogP contribution in [0.1, 0.15) is 21.5 Å². The van der Waals surface area contributed by atoms with Gasteiger partial charge in [0.1, 0.15) is 5.82 Å². The number of aromatic amines is 1. The highest BCUT2D eigenvalue weighted by molar-refractivity contribution is 6.07. The van der Waals surface area contributed by atoms with Gasteiger partial charge < -0.3 is 5.73 Å². The molecular weight excluding hydrogens is 404 g/mol. The summed E-state index contributed by atoms with van der Waals surface area (Å²) < 4.78 is 1.27. The number of hydrogen-bond donors (Lipinski definition) is 2. The number of carbonyl (C=O) groups is 1. The minimum absolute atomic E-state index is 0.0572. The van der Waals surface area contributed by atoms with Crippen LogP contribution in [0.4, 0.5) is 11.5 Å². The van der Waals surface area contributed by atoms with E-state index in [1.54, 1.807) is 30.3 Å². The lowest BCUT2D eigenvalue weighted by Crippen LogP contribution is -2.41. The van der Waals surface area contributed by atoms with E-state index in [0.717, 1.165) is 11.1 Å². The van der Waals surface area contributed by atoms with Crippen molar-refractivity contribution in [1.82, 2.24) is 9.55 Å². The van der Waals surface area contributed by atoms with Gasteiger partial charge in [-0.25, -0.2) is 4.79 Å². The first-order valence-electron chi connectivity index (χ1n) is 10.1. The minimum Gasteiger partial charge on any atom is -0.383 e. The molecule has 0 fully saturated rings. The molecule has 0 bridgehead atoms. The Balaban J connectivity index is 1.84. The van der Waals surface area contributed by atoms with Gasteiger partial charge in [-0.05, 0) is 23.3 Å². The fourth-order valence-electron chi connectivity index (χ4n) is 3.52. The summed E-state index contributed by atoms with van der Waals surface area (Å²) in [6.07, 6.45) is 0. The Morgan fingerprint density at radius 2 is 1.34 bits per heavy atom. The molecule has 4 aromatic rings. The summed E-state index contributed by atoms with van der Waals surface area (Å²) >= 11 is 0. The Hall–Kier alpha value is -4.39. The molecule has 0 saturated carbocycles. The molecule has 3 N–H and O–H groups in total. The second-order valence-corrected chi connectivity index (χ2v) is 7.31. The van der Waals surface area contributed by atoms with Crippen LogP contribution < -0.4 is 21.9 Å². The first-order chi connectivity index (χ1) is 15.5. The average Bonchev–Trinajstić information content (AvgIpc) is 2.82. The molecule has 1 heterocycles. The molecule has 4 rings (SSSR count). The average molecular weight is 426 g/mol. The zero-order valence-corrected chi connectivity index (χ0v) is 17.3. The van der Waals surface area contributed by atoms with Crippen molar-refractivity contribution in [3.05, 3.63) is 129 Å². The third kappa shape index (κ3) is 4.37. The van der Waals surface area contributed by atoms with Crippen molar-refractivity contribution in [3.8, 4) is 0 Å². The van der Waals surface area contributed by atoms with E-state index in [9.17, 15) is 14.4 Å². The number of carbonyl (C=O) groups excluding carboxylic acids is 1. The van der Waals surface area contributed by atoms with E-state index in [1.165, 1.54) is 9.47 Å². The number of benzene rings is 3.